The molecule has 0 radical (unpaired) electrons. The van der Waals surface area contributed by atoms with Crippen LogP contribution >= 0.6 is 0 Å². The lowest BCUT2D eigenvalue weighted by Gasteiger charge is -2.14. The molecule has 100 valence electrons. The molecule has 1 aromatic carbocycles. The number of pyridine rings is 1. The third-order valence-electron chi connectivity index (χ3n) is 3.47. The number of nitrogen functional groups attached to an aromatic ring is 1. The van der Waals surface area contributed by atoms with Crippen molar-refractivity contribution in [3.05, 3.63) is 30.2 Å². The van der Waals surface area contributed by atoms with E-state index in [-0.39, 0.29) is 5.82 Å². The minimum atomic E-state index is -0.359. The summed E-state index contributed by atoms with van der Waals surface area (Å²) in [4.78, 5) is 4.23. The number of rotatable bonds is 3. The fourth-order valence-corrected chi connectivity index (χ4v) is 2.40. The van der Waals surface area contributed by atoms with Crippen LogP contribution in [-0.2, 0) is 4.74 Å². The maximum Gasteiger partial charge on any atom is 0.150 e. The van der Waals surface area contributed by atoms with Gasteiger partial charge in [0.2, 0.25) is 0 Å². The Labute approximate surface area is 110 Å². The minimum Gasteiger partial charge on any atom is -0.398 e. The molecule has 1 unspecified atom stereocenters. The molecular formula is C14H16FN3O. The van der Waals surface area contributed by atoms with Crippen LogP contribution in [0.15, 0.2) is 24.4 Å². The maximum atomic E-state index is 14.0. The molecule has 3 N–H and O–H groups in total. The van der Waals surface area contributed by atoms with Crippen LogP contribution in [0.4, 0.5) is 15.8 Å². The van der Waals surface area contributed by atoms with E-state index in [1.54, 1.807) is 12.3 Å². The van der Waals surface area contributed by atoms with Gasteiger partial charge in [0.05, 0.1) is 17.8 Å². The Morgan fingerprint density at radius 1 is 1.53 bits per heavy atom. The Hall–Kier alpha value is -1.88. The number of nitrogens with one attached hydrogen (secondary N) is 1. The van der Waals surface area contributed by atoms with E-state index >= 15 is 0 Å². The minimum absolute atomic E-state index is 0.359. The SMILES string of the molecule is Nc1cc(F)c(NCC2CCOC2)c2ncccc12. The fourth-order valence-electron chi connectivity index (χ4n) is 2.40. The van der Waals surface area contributed by atoms with Crippen molar-refractivity contribution in [3.8, 4) is 0 Å². The fraction of sp³-hybridized carbons (Fsp3) is 0.357. The van der Waals surface area contributed by atoms with Crippen LogP contribution in [0.5, 0.6) is 0 Å². The standard InChI is InChI=1S/C14H16FN3O/c15-11-6-12(16)10-2-1-4-17-13(10)14(11)18-7-9-3-5-19-8-9/h1-2,4,6,9,18H,3,5,7-8,16H2. The summed E-state index contributed by atoms with van der Waals surface area (Å²) < 4.78 is 19.4. The molecule has 1 aliphatic heterocycles. The molecule has 1 atom stereocenters. The van der Waals surface area contributed by atoms with Gasteiger partial charge in [-0.3, -0.25) is 4.98 Å². The highest BCUT2D eigenvalue weighted by molar-refractivity contribution is 5.98. The number of nitrogens with zero attached hydrogens (tertiary/aromatic N) is 1. The second-order valence-electron chi connectivity index (χ2n) is 4.83. The summed E-state index contributed by atoms with van der Waals surface area (Å²) in [6.45, 7) is 2.21. The predicted molar refractivity (Wildman–Crippen MR) is 73.5 cm³/mol. The number of hydrogen-bond acceptors (Lipinski definition) is 4. The van der Waals surface area contributed by atoms with Crippen LogP contribution < -0.4 is 11.1 Å². The Balaban J connectivity index is 1.93. The van der Waals surface area contributed by atoms with Crippen LogP contribution in [0.2, 0.25) is 0 Å². The normalized spacial score (nSPS) is 18.9. The van der Waals surface area contributed by atoms with Gasteiger partial charge in [0, 0.05) is 36.3 Å². The molecule has 1 saturated heterocycles. The third-order valence-corrected chi connectivity index (χ3v) is 3.47. The monoisotopic (exact) mass is 261 g/mol. The first-order chi connectivity index (χ1) is 9.25. The number of fused-ring (bicyclic) bond motifs is 1. The molecule has 2 aromatic rings. The van der Waals surface area contributed by atoms with Gasteiger partial charge >= 0.3 is 0 Å². The van der Waals surface area contributed by atoms with Crippen LogP contribution in [0, 0.1) is 11.7 Å². The number of benzene rings is 1. The number of anilines is 2. The van der Waals surface area contributed by atoms with Gasteiger partial charge in [-0.25, -0.2) is 4.39 Å². The van der Waals surface area contributed by atoms with Gasteiger partial charge in [-0.1, -0.05) is 0 Å². The molecule has 4 nitrogen and oxygen atoms in total. The second-order valence-corrected chi connectivity index (χ2v) is 4.83. The Morgan fingerprint density at radius 2 is 2.42 bits per heavy atom. The molecule has 5 heteroatoms. The summed E-state index contributed by atoms with van der Waals surface area (Å²) in [7, 11) is 0. The van der Waals surface area contributed by atoms with E-state index in [1.807, 2.05) is 6.07 Å². The van der Waals surface area contributed by atoms with Gasteiger partial charge in [0.25, 0.3) is 0 Å². The van der Waals surface area contributed by atoms with E-state index in [0.29, 0.717) is 29.4 Å². The molecular weight excluding hydrogens is 245 g/mol. The van der Waals surface area contributed by atoms with Crippen molar-refractivity contribution in [2.24, 2.45) is 5.92 Å². The van der Waals surface area contributed by atoms with E-state index in [4.69, 9.17) is 10.5 Å². The summed E-state index contributed by atoms with van der Waals surface area (Å²) in [5, 5.41) is 3.92. The zero-order valence-electron chi connectivity index (χ0n) is 10.5. The first-order valence-electron chi connectivity index (χ1n) is 6.40. The van der Waals surface area contributed by atoms with Crippen LogP contribution in [-0.4, -0.2) is 24.7 Å². The summed E-state index contributed by atoms with van der Waals surface area (Å²) >= 11 is 0. The number of hydrogen-bond donors (Lipinski definition) is 2. The lowest BCUT2D eigenvalue weighted by Crippen LogP contribution is -2.15. The van der Waals surface area contributed by atoms with E-state index in [2.05, 4.69) is 10.3 Å². The molecule has 0 amide bonds. The average molecular weight is 261 g/mol. The summed E-state index contributed by atoms with van der Waals surface area (Å²) in [6, 6.07) is 4.99. The van der Waals surface area contributed by atoms with Gasteiger partial charge in [-0.2, -0.15) is 0 Å². The maximum absolute atomic E-state index is 14.0. The molecule has 0 spiro atoms. The number of ether oxygens (including phenoxy) is 1. The Bertz CT molecular complexity index is 597. The van der Waals surface area contributed by atoms with Crippen molar-refractivity contribution >= 4 is 22.3 Å². The van der Waals surface area contributed by atoms with Gasteiger partial charge in [-0.05, 0) is 24.6 Å². The van der Waals surface area contributed by atoms with Gasteiger partial charge in [0.15, 0.2) is 5.82 Å². The largest absolute Gasteiger partial charge is 0.398 e. The van der Waals surface area contributed by atoms with Crippen molar-refractivity contribution in [1.82, 2.24) is 4.98 Å². The Morgan fingerprint density at radius 3 is 3.21 bits per heavy atom. The predicted octanol–water partition coefficient (Wildman–Crippen LogP) is 2.40. The Kier molecular flexibility index (Phi) is 3.21. The van der Waals surface area contributed by atoms with Crippen LogP contribution in [0.25, 0.3) is 10.9 Å². The molecule has 3 rings (SSSR count). The first kappa shape index (κ1) is 12.2. The lowest BCUT2D eigenvalue weighted by molar-refractivity contribution is 0.187. The smallest absolute Gasteiger partial charge is 0.150 e. The van der Waals surface area contributed by atoms with Crippen molar-refractivity contribution in [3.63, 3.8) is 0 Å². The molecule has 1 fully saturated rings. The topological polar surface area (TPSA) is 60.2 Å². The van der Waals surface area contributed by atoms with E-state index in [0.717, 1.165) is 25.0 Å². The van der Waals surface area contributed by atoms with Crippen molar-refractivity contribution in [2.45, 2.75) is 6.42 Å². The molecule has 0 bridgehead atoms. The molecule has 0 saturated carbocycles. The zero-order chi connectivity index (χ0) is 13.2. The number of halogens is 1. The molecule has 2 heterocycles. The summed E-state index contributed by atoms with van der Waals surface area (Å²) in [5.41, 5.74) is 7.24. The van der Waals surface area contributed by atoms with Crippen molar-refractivity contribution in [1.29, 1.82) is 0 Å². The molecule has 0 aliphatic carbocycles. The molecule has 1 aliphatic rings. The highest BCUT2D eigenvalue weighted by Crippen LogP contribution is 2.30. The second kappa shape index (κ2) is 5.01. The van der Waals surface area contributed by atoms with Gasteiger partial charge in [-0.15, -0.1) is 0 Å². The van der Waals surface area contributed by atoms with Crippen molar-refractivity contribution in [2.75, 3.05) is 30.8 Å². The van der Waals surface area contributed by atoms with E-state index in [9.17, 15) is 4.39 Å². The quantitative estimate of drug-likeness (QED) is 0.833. The third kappa shape index (κ3) is 2.33. The average Bonchev–Trinajstić information content (AvgIpc) is 2.92. The first-order valence-corrected chi connectivity index (χ1v) is 6.40. The summed E-state index contributed by atoms with van der Waals surface area (Å²) in [5.74, 6) is 0.0679. The molecule has 19 heavy (non-hydrogen) atoms. The number of nitrogens with two attached hydrogens (primary N) is 1. The van der Waals surface area contributed by atoms with Gasteiger partial charge < -0.3 is 15.8 Å². The lowest BCUT2D eigenvalue weighted by atomic mass is 10.1. The molecule has 1 aromatic heterocycles. The highest BCUT2D eigenvalue weighted by atomic mass is 19.1. The van der Waals surface area contributed by atoms with Crippen LogP contribution in [0.1, 0.15) is 6.42 Å². The zero-order valence-corrected chi connectivity index (χ0v) is 10.5. The van der Waals surface area contributed by atoms with E-state index in [1.165, 1.54) is 6.07 Å². The van der Waals surface area contributed by atoms with Crippen LogP contribution in [0.3, 0.4) is 0 Å². The number of aromatic nitrogens is 1. The summed E-state index contributed by atoms with van der Waals surface area (Å²) in [6.07, 6.45) is 2.65. The highest BCUT2D eigenvalue weighted by Gasteiger charge is 2.17. The van der Waals surface area contributed by atoms with E-state index < -0.39 is 0 Å². The van der Waals surface area contributed by atoms with Gasteiger partial charge in [0.1, 0.15) is 0 Å². The van der Waals surface area contributed by atoms with Crippen molar-refractivity contribution < 1.29 is 9.13 Å².